The van der Waals surface area contributed by atoms with Crippen LogP contribution in [0.3, 0.4) is 0 Å². The van der Waals surface area contributed by atoms with Crippen molar-refractivity contribution in [2.24, 2.45) is 0 Å². The van der Waals surface area contributed by atoms with Crippen molar-refractivity contribution in [1.29, 1.82) is 0 Å². The molecule has 1 saturated carbocycles. The van der Waals surface area contributed by atoms with E-state index in [1.165, 1.54) is 18.2 Å². The van der Waals surface area contributed by atoms with Gasteiger partial charge in [-0.2, -0.15) is 0 Å². The van der Waals surface area contributed by atoms with E-state index in [0.29, 0.717) is 6.54 Å². The van der Waals surface area contributed by atoms with E-state index >= 15 is 0 Å². The molecule has 1 aromatic rings. The predicted molar refractivity (Wildman–Crippen MR) is 78.8 cm³/mol. The molecule has 4 nitrogen and oxygen atoms in total. The quantitative estimate of drug-likeness (QED) is 0.776. The van der Waals surface area contributed by atoms with Gasteiger partial charge in [-0.3, -0.25) is 4.79 Å². The number of amides is 1. The molecule has 0 radical (unpaired) electrons. The second-order valence-corrected chi connectivity index (χ2v) is 7.72. The number of halogens is 2. The molecule has 110 valence electrons. The molecular weight excluding hydrogens is 321 g/mol. The van der Waals surface area contributed by atoms with Crippen molar-refractivity contribution in [3.05, 3.63) is 28.8 Å². The molecule has 1 aliphatic rings. The summed E-state index contributed by atoms with van der Waals surface area (Å²) in [5.41, 5.74) is -0.0236. The fraction of sp³-hybridized carbons (Fsp3) is 0.462. The average molecular weight is 336 g/mol. The largest absolute Gasteiger partial charge is 0.336 e. The highest BCUT2D eigenvalue weighted by Gasteiger charge is 2.35. The fourth-order valence-electron chi connectivity index (χ4n) is 2.14. The third-order valence-corrected chi connectivity index (χ3v) is 4.84. The van der Waals surface area contributed by atoms with Gasteiger partial charge in [0.2, 0.25) is 0 Å². The van der Waals surface area contributed by atoms with Crippen LogP contribution in [-0.2, 0) is 9.05 Å². The molecule has 2 rings (SSSR count). The highest BCUT2D eigenvalue weighted by molar-refractivity contribution is 8.13. The summed E-state index contributed by atoms with van der Waals surface area (Å²) in [7, 11) is 1.39. The molecule has 0 heterocycles. The zero-order valence-corrected chi connectivity index (χ0v) is 13.3. The lowest BCUT2D eigenvalue weighted by Crippen LogP contribution is -2.34. The molecule has 7 heteroatoms. The Hall–Kier alpha value is -0.780. The third-order valence-electron chi connectivity index (χ3n) is 3.16. The maximum Gasteiger partial charge on any atom is 0.262 e. The van der Waals surface area contributed by atoms with Crippen LogP contribution in [-0.4, -0.2) is 31.8 Å². The standard InChI is InChI=1S/C13H15Cl2NO3S/c1-2-8-16(9-6-7-9)13(17)12-10(14)4-3-5-11(12)20(15,18)19/h3-5,9H,2,6-8H2,1H3. The van der Waals surface area contributed by atoms with Gasteiger partial charge in [-0.15, -0.1) is 0 Å². The summed E-state index contributed by atoms with van der Waals surface area (Å²) in [6, 6.07) is 4.45. The van der Waals surface area contributed by atoms with Crippen molar-refractivity contribution in [2.45, 2.75) is 37.1 Å². The Morgan fingerprint density at radius 2 is 2.05 bits per heavy atom. The first-order chi connectivity index (χ1) is 9.36. The van der Waals surface area contributed by atoms with E-state index in [4.69, 9.17) is 22.3 Å². The van der Waals surface area contributed by atoms with Crippen LogP contribution in [0.5, 0.6) is 0 Å². The summed E-state index contributed by atoms with van der Waals surface area (Å²) in [6.07, 6.45) is 2.69. The Morgan fingerprint density at radius 3 is 2.55 bits per heavy atom. The Balaban J connectivity index is 2.48. The zero-order chi connectivity index (χ0) is 14.9. The van der Waals surface area contributed by atoms with Crippen molar-refractivity contribution in [1.82, 2.24) is 4.90 Å². The van der Waals surface area contributed by atoms with Crippen LogP contribution in [0.15, 0.2) is 23.1 Å². The van der Waals surface area contributed by atoms with Crippen molar-refractivity contribution < 1.29 is 13.2 Å². The van der Waals surface area contributed by atoms with Gasteiger partial charge in [-0.1, -0.05) is 24.6 Å². The monoisotopic (exact) mass is 335 g/mol. The lowest BCUT2D eigenvalue weighted by atomic mass is 10.2. The maximum absolute atomic E-state index is 12.6. The number of nitrogens with zero attached hydrogens (tertiary/aromatic N) is 1. The summed E-state index contributed by atoms with van der Waals surface area (Å²) in [4.78, 5) is 14.1. The van der Waals surface area contributed by atoms with Crippen LogP contribution in [0.4, 0.5) is 0 Å². The molecule has 20 heavy (non-hydrogen) atoms. The van der Waals surface area contributed by atoms with Crippen molar-refractivity contribution >= 4 is 37.2 Å². The molecular formula is C13H15Cl2NO3S. The van der Waals surface area contributed by atoms with E-state index in [9.17, 15) is 13.2 Å². The van der Waals surface area contributed by atoms with Crippen molar-refractivity contribution in [2.75, 3.05) is 6.54 Å². The second-order valence-electron chi connectivity index (χ2n) is 4.78. The van der Waals surface area contributed by atoms with Crippen LogP contribution in [0.1, 0.15) is 36.5 Å². The van der Waals surface area contributed by atoms with Gasteiger partial charge in [-0.05, 0) is 31.4 Å². The molecule has 0 unspecified atom stereocenters. The molecule has 0 spiro atoms. The SMILES string of the molecule is CCCN(C(=O)c1c(Cl)cccc1S(=O)(=O)Cl)C1CC1. The van der Waals surface area contributed by atoms with Gasteiger partial charge < -0.3 is 4.90 Å². The van der Waals surface area contributed by atoms with Crippen LogP contribution in [0.25, 0.3) is 0 Å². The number of carbonyl (C=O) groups is 1. The minimum Gasteiger partial charge on any atom is -0.336 e. The lowest BCUT2D eigenvalue weighted by Gasteiger charge is -2.23. The molecule has 1 aromatic carbocycles. The zero-order valence-electron chi connectivity index (χ0n) is 11.0. The van der Waals surface area contributed by atoms with E-state index in [-0.39, 0.29) is 27.4 Å². The maximum atomic E-state index is 12.6. The van der Waals surface area contributed by atoms with Gasteiger partial charge in [0.05, 0.1) is 15.5 Å². The second kappa shape index (κ2) is 5.92. The number of benzene rings is 1. The first kappa shape index (κ1) is 15.6. The van der Waals surface area contributed by atoms with E-state index in [2.05, 4.69) is 0 Å². The third kappa shape index (κ3) is 3.27. The highest BCUT2D eigenvalue weighted by atomic mass is 35.7. The Kier molecular flexibility index (Phi) is 4.62. The molecule has 0 saturated heterocycles. The predicted octanol–water partition coefficient (Wildman–Crippen LogP) is 3.28. The molecule has 1 aliphatic carbocycles. The lowest BCUT2D eigenvalue weighted by molar-refractivity contribution is 0.0739. The molecule has 0 bridgehead atoms. The topological polar surface area (TPSA) is 54.5 Å². The van der Waals surface area contributed by atoms with E-state index in [0.717, 1.165) is 19.3 Å². The molecule has 1 fully saturated rings. The number of carbonyl (C=O) groups excluding carboxylic acids is 1. The minimum atomic E-state index is -4.01. The highest BCUT2D eigenvalue weighted by Crippen LogP contribution is 2.33. The summed E-state index contributed by atoms with van der Waals surface area (Å²) in [5.74, 6) is -0.362. The van der Waals surface area contributed by atoms with Crippen LogP contribution in [0, 0.1) is 0 Å². The summed E-state index contributed by atoms with van der Waals surface area (Å²) in [6.45, 7) is 2.55. The van der Waals surface area contributed by atoms with Crippen LogP contribution in [0.2, 0.25) is 5.02 Å². The minimum absolute atomic E-state index is 0.0236. The van der Waals surface area contributed by atoms with Gasteiger partial charge in [0, 0.05) is 23.3 Å². The van der Waals surface area contributed by atoms with Crippen molar-refractivity contribution in [3.63, 3.8) is 0 Å². The molecule has 0 aromatic heterocycles. The fourth-order valence-corrected chi connectivity index (χ4v) is 3.52. The Morgan fingerprint density at radius 1 is 1.40 bits per heavy atom. The Labute approximate surface area is 128 Å². The van der Waals surface area contributed by atoms with Gasteiger partial charge in [0.25, 0.3) is 15.0 Å². The first-order valence-electron chi connectivity index (χ1n) is 6.40. The number of hydrogen-bond acceptors (Lipinski definition) is 3. The normalized spacial score (nSPS) is 15.2. The summed E-state index contributed by atoms with van der Waals surface area (Å²) >= 11 is 6.03. The van der Waals surface area contributed by atoms with E-state index < -0.39 is 9.05 Å². The van der Waals surface area contributed by atoms with Crippen molar-refractivity contribution in [3.8, 4) is 0 Å². The van der Waals surface area contributed by atoms with Gasteiger partial charge in [0.1, 0.15) is 0 Å². The molecule has 0 atom stereocenters. The van der Waals surface area contributed by atoms with Gasteiger partial charge >= 0.3 is 0 Å². The molecule has 0 N–H and O–H groups in total. The number of hydrogen-bond donors (Lipinski definition) is 0. The van der Waals surface area contributed by atoms with E-state index in [1.54, 1.807) is 4.90 Å². The smallest absolute Gasteiger partial charge is 0.262 e. The average Bonchev–Trinajstić information content (AvgIpc) is 3.18. The van der Waals surface area contributed by atoms with Gasteiger partial charge in [0.15, 0.2) is 0 Å². The van der Waals surface area contributed by atoms with Gasteiger partial charge in [-0.25, -0.2) is 8.42 Å². The van der Waals surface area contributed by atoms with Crippen LogP contribution >= 0.6 is 22.3 Å². The summed E-state index contributed by atoms with van der Waals surface area (Å²) in [5, 5.41) is 0.110. The first-order valence-corrected chi connectivity index (χ1v) is 9.09. The van der Waals surface area contributed by atoms with E-state index in [1.807, 2.05) is 6.92 Å². The van der Waals surface area contributed by atoms with Crippen LogP contribution < -0.4 is 0 Å². The number of rotatable bonds is 5. The molecule has 0 aliphatic heterocycles. The summed E-state index contributed by atoms with van der Waals surface area (Å²) < 4.78 is 23.2. The Bertz CT molecular complexity index is 627. The molecule has 1 amide bonds.